The van der Waals surface area contributed by atoms with Crippen molar-refractivity contribution >= 4 is 21.6 Å². The Bertz CT molecular complexity index is 717. The fraction of sp³-hybridized carbons (Fsp3) is 0.0769. The van der Waals surface area contributed by atoms with E-state index in [0.717, 1.165) is 0 Å². The predicted molar refractivity (Wildman–Crippen MR) is 73.6 cm³/mol. The summed E-state index contributed by atoms with van der Waals surface area (Å²) in [7, 11) is -3.94. The minimum absolute atomic E-state index is 0.0877. The maximum atomic E-state index is 12.8. The Balaban J connectivity index is 2.23. The lowest BCUT2D eigenvalue weighted by Crippen LogP contribution is -2.14. The smallest absolute Gasteiger partial charge is 0.241 e. The van der Waals surface area contributed by atoms with Crippen molar-refractivity contribution < 1.29 is 17.5 Å². The zero-order chi connectivity index (χ0) is 14.8. The van der Waals surface area contributed by atoms with Crippen LogP contribution < -0.4 is 9.88 Å². The Hall–Kier alpha value is -1.63. The van der Waals surface area contributed by atoms with Gasteiger partial charge in [-0.05, 0) is 35.9 Å². The van der Waals surface area contributed by atoms with E-state index in [2.05, 4.69) is 0 Å². The van der Waals surface area contributed by atoms with E-state index >= 15 is 0 Å². The molecule has 7 heteroatoms. The van der Waals surface area contributed by atoms with Crippen molar-refractivity contribution in [1.29, 1.82) is 0 Å². The SMILES string of the molecule is NS(=O)(=O)c1cc(Cl)ccc1OCc1ccc(F)cc1. The summed E-state index contributed by atoms with van der Waals surface area (Å²) in [6.07, 6.45) is 0. The Kier molecular flexibility index (Phi) is 4.27. The second kappa shape index (κ2) is 5.78. The van der Waals surface area contributed by atoms with Crippen molar-refractivity contribution in [3.05, 3.63) is 58.9 Å². The van der Waals surface area contributed by atoms with Gasteiger partial charge in [-0.1, -0.05) is 23.7 Å². The van der Waals surface area contributed by atoms with Gasteiger partial charge in [0.15, 0.2) is 0 Å². The third-order valence-corrected chi connectivity index (χ3v) is 3.69. The first-order valence-corrected chi connectivity index (χ1v) is 7.48. The number of sulfonamides is 1. The summed E-state index contributed by atoms with van der Waals surface area (Å²) >= 11 is 5.74. The molecule has 0 amide bonds. The zero-order valence-electron chi connectivity index (χ0n) is 10.2. The molecule has 0 aromatic heterocycles. The van der Waals surface area contributed by atoms with Crippen LogP contribution >= 0.6 is 11.6 Å². The lowest BCUT2D eigenvalue weighted by Gasteiger charge is -2.10. The molecule has 20 heavy (non-hydrogen) atoms. The van der Waals surface area contributed by atoms with Gasteiger partial charge in [0.1, 0.15) is 23.1 Å². The molecule has 106 valence electrons. The van der Waals surface area contributed by atoms with E-state index in [-0.39, 0.29) is 28.1 Å². The van der Waals surface area contributed by atoms with Crippen LogP contribution in [0.5, 0.6) is 5.75 Å². The van der Waals surface area contributed by atoms with Crippen LogP contribution in [0.1, 0.15) is 5.56 Å². The predicted octanol–water partition coefficient (Wildman–Crippen LogP) is 2.71. The van der Waals surface area contributed by atoms with Crippen molar-refractivity contribution in [3.8, 4) is 5.75 Å². The third kappa shape index (κ3) is 3.69. The molecule has 0 radical (unpaired) electrons. The van der Waals surface area contributed by atoms with E-state index in [1.165, 1.54) is 30.3 Å². The summed E-state index contributed by atoms with van der Waals surface area (Å²) in [5.74, 6) is -0.258. The highest BCUT2D eigenvalue weighted by molar-refractivity contribution is 7.89. The molecule has 0 saturated heterocycles. The number of primary sulfonamides is 1. The number of nitrogens with two attached hydrogens (primary N) is 1. The van der Waals surface area contributed by atoms with Crippen LogP contribution in [0.4, 0.5) is 4.39 Å². The highest BCUT2D eigenvalue weighted by Crippen LogP contribution is 2.27. The second-order valence-electron chi connectivity index (χ2n) is 4.05. The average molecular weight is 316 g/mol. The minimum atomic E-state index is -3.94. The lowest BCUT2D eigenvalue weighted by atomic mass is 10.2. The highest BCUT2D eigenvalue weighted by Gasteiger charge is 2.16. The van der Waals surface area contributed by atoms with E-state index in [9.17, 15) is 12.8 Å². The zero-order valence-corrected chi connectivity index (χ0v) is 11.8. The molecule has 0 spiro atoms. The quantitative estimate of drug-likeness (QED) is 0.943. The first-order valence-electron chi connectivity index (χ1n) is 5.56. The number of ether oxygens (including phenoxy) is 1. The van der Waals surface area contributed by atoms with E-state index in [0.29, 0.717) is 5.56 Å². The molecule has 0 aliphatic carbocycles. The maximum Gasteiger partial charge on any atom is 0.241 e. The van der Waals surface area contributed by atoms with Crippen molar-refractivity contribution in [3.63, 3.8) is 0 Å². The summed E-state index contributed by atoms with van der Waals surface area (Å²) < 4.78 is 41.1. The molecule has 0 fully saturated rings. The Labute approximate surface area is 121 Å². The van der Waals surface area contributed by atoms with E-state index in [4.69, 9.17) is 21.5 Å². The van der Waals surface area contributed by atoms with Crippen LogP contribution in [0, 0.1) is 5.82 Å². The van der Waals surface area contributed by atoms with Gasteiger partial charge in [-0.3, -0.25) is 0 Å². The van der Waals surface area contributed by atoms with Crippen LogP contribution in [0.2, 0.25) is 5.02 Å². The summed E-state index contributed by atoms with van der Waals surface area (Å²) in [6.45, 7) is 0.0877. The van der Waals surface area contributed by atoms with Crippen molar-refractivity contribution in [2.24, 2.45) is 5.14 Å². The van der Waals surface area contributed by atoms with Gasteiger partial charge < -0.3 is 4.74 Å². The monoisotopic (exact) mass is 315 g/mol. The van der Waals surface area contributed by atoms with Gasteiger partial charge in [-0.15, -0.1) is 0 Å². The molecule has 2 N–H and O–H groups in total. The lowest BCUT2D eigenvalue weighted by molar-refractivity contribution is 0.298. The van der Waals surface area contributed by atoms with Crippen molar-refractivity contribution in [1.82, 2.24) is 0 Å². The third-order valence-electron chi connectivity index (χ3n) is 2.52. The van der Waals surface area contributed by atoms with E-state index in [1.54, 1.807) is 12.1 Å². The van der Waals surface area contributed by atoms with Gasteiger partial charge in [-0.25, -0.2) is 17.9 Å². The summed E-state index contributed by atoms with van der Waals surface area (Å²) in [6, 6.07) is 9.81. The molecule has 0 aliphatic heterocycles. The maximum absolute atomic E-state index is 12.8. The van der Waals surface area contributed by atoms with Crippen molar-refractivity contribution in [2.75, 3.05) is 0 Å². The average Bonchev–Trinajstić information content (AvgIpc) is 2.38. The summed E-state index contributed by atoms with van der Waals surface area (Å²) in [5, 5.41) is 5.34. The van der Waals surface area contributed by atoms with Crippen LogP contribution in [-0.2, 0) is 16.6 Å². The fourth-order valence-electron chi connectivity index (χ4n) is 1.57. The number of benzene rings is 2. The molecule has 0 unspecified atom stereocenters. The van der Waals surface area contributed by atoms with Crippen LogP contribution in [0.25, 0.3) is 0 Å². The Morgan fingerprint density at radius 1 is 1.15 bits per heavy atom. The van der Waals surface area contributed by atoms with Gasteiger partial charge in [0.25, 0.3) is 0 Å². The summed E-state index contributed by atoms with van der Waals surface area (Å²) in [5.41, 5.74) is 0.696. The first kappa shape index (κ1) is 14.8. The Morgan fingerprint density at radius 2 is 1.80 bits per heavy atom. The van der Waals surface area contributed by atoms with Gasteiger partial charge >= 0.3 is 0 Å². The highest BCUT2D eigenvalue weighted by atomic mass is 35.5. The number of hydrogen-bond donors (Lipinski definition) is 1. The van der Waals surface area contributed by atoms with E-state index < -0.39 is 10.0 Å². The second-order valence-corrected chi connectivity index (χ2v) is 6.02. The molecular weight excluding hydrogens is 305 g/mol. The minimum Gasteiger partial charge on any atom is -0.487 e. The van der Waals surface area contributed by atoms with Crippen LogP contribution in [0.3, 0.4) is 0 Å². The molecule has 0 bridgehead atoms. The topological polar surface area (TPSA) is 69.4 Å². The van der Waals surface area contributed by atoms with Crippen LogP contribution in [-0.4, -0.2) is 8.42 Å². The first-order chi connectivity index (χ1) is 9.36. The molecule has 0 atom stereocenters. The molecule has 2 aromatic carbocycles. The van der Waals surface area contributed by atoms with Crippen LogP contribution in [0.15, 0.2) is 47.4 Å². The largest absolute Gasteiger partial charge is 0.487 e. The van der Waals surface area contributed by atoms with Gasteiger partial charge in [0, 0.05) is 5.02 Å². The Morgan fingerprint density at radius 3 is 2.40 bits per heavy atom. The standard InChI is InChI=1S/C13H11ClFNO3S/c14-10-3-6-12(13(7-10)20(16,17)18)19-8-9-1-4-11(15)5-2-9/h1-7H,8H2,(H2,16,17,18). The van der Waals surface area contributed by atoms with Gasteiger partial charge in [-0.2, -0.15) is 0 Å². The van der Waals surface area contributed by atoms with Gasteiger partial charge in [0.2, 0.25) is 10.0 Å². The van der Waals surface area contributed by atoms with Gasteiger partial charge in [0.05, 0.1) is 0 Å². The van der Waals surface area contributed by atoms with Crippen molar-refractivity contribution in [2.45, 2.75) is 11.5 Å². The summed E-state index contributed by atoms with van der Waals surface area (Å²) in [4.78, 5) is -0.188. The molecule has 4 nitrogen and oxygen atoms in total. The molecular formula is C13H11ClFNO3S. The molecule has 2 aromatic rings. The molecule has 0 saturated carbocycles. The molecule has 2 rings (SSSR count). The number of halogens is 2. The molecule has 0 aliphatic rings. The molecule has 0 heterocycles. The normalized spacial score (nSPS) is 11.3. The number of rotatable bonds is 4. The number of hydrogen-bond acceptors (Lipinski definition) is 3. The fourth-order valence-corrected chi connectivity index (χ4v) is 2.50. The van der Waals surface area contributed by atoms with E-state index in [1.807, 2.05) is 0 Å².